The first kappa shape index (κ1) is 19.8. The number of hydrogen-bond donors (Lipinski definition) is 1. The Morgan fingerprint density at radius 3 is 2.56 bits per heavy atom. The van der Waals surface area contributed by atoms with E-state index in [0.29, 0.717) is 32.0 Å². The molecule has 3 aliphatic heterocycles. The van der Waals surface area contributed by atoms with Gasteiger partial charge in [0, 0.05) is 6.42 Å². The van der Waals surface area contributed by atoms with Crippen LogP contribution in [0.4, 0.5) is 0 Å². The number of rotatable bonds is 7. The third kappa shape index (κ3) is 4.18. The number of nitrogens with zero attached hydrogens (tertiary/aromatic N) is 1. The molecule has 1 aromatic carbocycles. The molecule has 2 unspecified atom stereocenters. The van der Waals surface area contributed by atoms with Crippen LogP contribution in [0.3, 0.4) is 0 Å². The van der Waals surface area contributed by atoms with Crippen molar-refractivity contribution >= 4 is 14.4 Å². The molecule has 5 nitrogen and oxygen atoms in total. The summed E-state index contributed by atoms with van der Waals surface area (Å²) < 4.78 is 11.1. The molecule has 0 amide bonds. The molecular weight excluding hydrogens is 317 g/mol. The summed E-state index contributed by atoms with van der Waals surface area (Å²) in [6.45, 7) is 4.52. The van der Waals surface area contributed by atoms with Crippen molar-refractivity contribution in [2.45, 2.75) is 44.2 Å². The highest BCUT2D eigenvalue weighted by molar-refractivity contribution is 5.75. The molecule has 4 rings (SSSR count). The predicted molar refractivity (Wildman–Crippen MR) is 101 cm³/mol. The maximum atomic E-state index is 11.9. The molecule has 138 valence electrons. The Labute approximate surface area is 151 Å². The molecule has 3 saturated heterocycles. The average molecular weight is 347 g/mol. The molecule has 0 radical (unpaired) electrons. The van der Waals surface area contributed by atoms with E-state index in [9.17, 15) is 9.90 Å². The van der Waals surface area contributed by atoms with Crippen LogP contribution >= 0.6 is 0 Å². The molecule has 2 atom stereocenters. The summed E-state index contributed by atoms with van der Waals surface area (Å²) in [6.07, 6.45) is 2.46. The third-order valence-corrected chi connectivity index (χ3v) is 5.47. The van der Waals surface area contributed by atoms with Gasteiger partial charge >= 0.3 is 5.97 Å². The van der Waals surface area contributed by atoms with Crippen molar-refractivity contribution < 1.29 is 19.4 Å². The van der Waals surface area contributed by atoms with E-state index < -0.39 is 11.6 Å². The first-order valence-corrected chi connectivity index (χ1v) is 8.92. The van der Waals surface area contributed by atoms with Crippen LogP contribution in [0.25, 0.3) is 0 Å². The fourth-order valence-electron chi connectivity index (χ4n) is 4.12. The average Bonchev–Trinajstić information content (AvgIpc) is 2.63. The van der Waals surface area contributed by atoms with Crippen LogP contribution in [0.15, 0.2) is 30.3 Å². The zero-order valence-electron chi connectivity index (χ0n) is 14.3. The van der Waals surface area contributed by atoms with E-state index in [1.165, 1.54) is 0 Å². The smallest absolute Gasteiger partial charge is 0.305 e. The van der Waals surface area contributed by atoms with E-state index in [-0.39, 0.29) is 14.4 Å². The molecule has 3 aliphatic rings. The number of benzene rings is 1. The lowest BCUT2D eigenvalue weighted by molar-refractivity contribution is -0.160. The largest absolute Gasteiger partial charge is 0.492 e. The quantitative estimate of drug-likeness (QED) is 0.590. The van der Waals surface area contributed by atoms with E-state index in [4.69, 9.17) is 9.47 Å². The number of aliphatic hydroxyl groups is 1. The first-order valence-electron chi connectivity index (χ1n) is 8.92. The maximum Gasteiger partial charge on any atom is 0.305 e. The van der Waals surface area contributed by atoms with Gasteiger partial charge < -0.3 is 14.6 Å². The van der Waals surface area contributed by atoms with Gasteiger partial charge in [-0.05, 0) is 57.3 Å². The Kier molecular flexibility index (Phi) is 6.91. The van der Waals surface area contributed by atoms with Crippen molar-refractivity contribution in [3.8, 4) is 5.75 Å². The highest BCUT2D eigenvalue weighted by Crippen LogP contribution is 2.42. The van der Waals surface area contributed by atoms with E-state index in [1.807, 2.05) is 37.3 Å². The van der Waals surface area contributed by atoms with Crippen LogP contribution in [-0.4, -0.2) is 62.3 Å². The van der Waals surface area contributed by atoms with Gasteiger partial charge in [0.25, 0.3) is 0 Å². The molecule has 0 aromatic heterocycles. The summed E-state index contributed by atoms with van der Waals surface area (Å²) >= 11 is 0. The van der Waals surface area contributed by atoms with Crippen LogP contribution < -0.4 is 4.74 Å². The van der Waals surface area contributed by atoms with Crippen molar-refractivity contribution in [2.75, 3.05) is 26.3 Å². The number of carbonyl (C=O) groups excluding carboxylic acids is 1. The van der Waals surface area contributed by atoms with Crippen LogP contribution in [0.2, 0.25) is 0 Å². The van der Waals surface area contributed by atoms with Crippen LogP contribution in [0.1, 0.15) is 32.6 Å². The minimum absolute atomic E-state index is 0. The van der Waals surface area contributed by atoms with Crippen LogP contribution in [0, 0.1) is 5.92 Å². The molecule has 0 spiro atoms. The summed E-state index contributed by atoms with van der Waals surface area (Å²) in [5.41, 5.74) is -0.496. The predicted octanol–water partition coefficient (Wildman–Crippen LogP) is 1.05. The Hall–Kier alpha value is -1.53. The third-order valence-electron chi connectivity index (χ3n) is 5.47. The molecule has 6 heteroatoms. The minimum Gasteiger partial charge on any atom is -0.492 e. The molecule has 25 heavy (non-hydrogen) atoms. The first-order chi connectivity index (χ1) is 11.7. The maximum absolute atomic E-state index is 11.9. The van der Waals surface area contributed by atoms with E-state index in [2.05, 4.69) is 4.90 Å². The van der Waals surface area contributed by atoms with Gasteiger partial charge in [-0.15, -0.1) is 0 Å². The summed E-state index contributed by atoms with van der Waals surface area (Å²) in [6, 6.07) is 9.66. The zero-order chi connectivity index (χ0) is 17.0. The fourth-order valence-corrected chi connectivity index (χ4v) is 4.12. The minimum atomic E-state index is -0.496. The standard InChI is InChI=1S/C19H27NO4.BH3/c1-2-23-17(21)8-11-19(14-24-16-6-4-3-5-7-16)18(22)15-9-12-20(19)13-10-15;/h3-7,15,18,22H,2,8-14H2,1H3;1H3. The SMILES string of the molecule is B.CCOC(=O)CCC1(COc2ccccc2)C(O)C2CCN1CC2. The summed E-state index contributed by atoms with van der Waals surface area (Å²) in [7, 11) is 0. The molecule has 1 N–H and O–H groups in total. The second kappa shape index (κ2) is 8.72. The summed E-state index contributed by atoms with van der Waals surface area (Å²) in [4.78, 5) is 14.2. The fraction of sp³-hybridized carbons (Fsp3) is 0.632. The van der Waals surface area contributed by atoms with Crippen molar-refractivity contribution in [3.63, 3.8) is 0 Å². The second-order valence-corrected chi connectivity index (χ2v) is 6.78. The Balaban J connectivity index is 0.00000225. The summed E-state index contributed by atoms with van der Waals surface area (Å²) in [5, 5.41) is 11.0. The van der Waals surface area contributed by atoms with Gasteiger partial charge in [-0.3, -0.25) is 9.69 Å². The number of hydrogen-bond acceptors (Lipinski definition) is 5. The second-order valence-electron chi connectivity index (χ2n) is 6.78. The molecule has 1 aromatic rings. The number of ether oxygens (including phenoxy) is 2. The lowest BCUT2D eigenvalue weighted by Crippen LogP contribution is -2.69. The lowest BCUT2D eigenvalue weighted by atomic mass is 9.70. The number of piperidine rings is 3. The van der Waals surface area contributed by atoms with E-state index in [1.54, 1.807) is 0 Å². The highest BCUT2D eigenvalue weighted by atomic mass is 16.5. The van der Waals surface area contributed by atoms with Gasteiger partial charge in [0.05, 0.1) is 26.7 Å². The molecule has 3 fully saturated rings. The molecule has 0 saturated carbocycles. The number of carbonyl (C=O) groups is 1. The van der Waals surface area contributed by atoms with E-state index >= 15 is 0 Å². The lowest BCUT2D eigenvalue weighted by Gasteiger charge is -2.57. The van der Waals surface area contributed by atoms with Gasteiger partial charge in [-0.25, -0.2) is 0 Å². The van der Waals surface area contributed by atoms with Crippen LogP contribution in [-0.2, 0) is 9.53 Å². The van der Waals surface area contributed by atoms with Gasteiger partial charge in [-0.1, -0.05) is 18.2 Å². The topological polar surface area (TPSA) is 59.0 Å². The normalized spacial score (nSPS) is 30.4. The zero-order valence-corrected chi connectivity index (χ0v) is 14.3. The molecule has 2 bridgehead atoms. The number of para-hydroxylation sites is 1. The number of fused-ring (bicyclic) bond motifs is 3. The van der Waals surface area contributed by atoms with Crippen molar-refractivity contribution in [1.82, 2.24) is 4.90 Å². The van der Waals surface area contributed by atoms with Crippen molar-refractivity contribution in [1.29, 1.82) is 0 Å². The Bertz CT molecular complexity index is 544. The molecular formula is C19H30BNO4. The van der Waals surface area contributed by atoms with Gasteiger partial charge in [0.2, 0.25) is 0 Å². The van der Waals surface area contributed by atoms with Crippen LogP contribution in [0.5, 0.6) is 5.75 Å². The molecule has 0 aliphatic carbocycles. The van der Waals surface area contributed by atoms with Gasteiger partial charge in [0.1, 0.15) is 12.4 Å². The summed E-state index contributed by atoms with van der Waals surface area (Å²) in [5.74, 6) is 0.894. The van der Waals surface area contributed by atoms with Crippen molar-refractivity contribution in [3.05, 3.63) is 30.3 Å². The number of aliphatic hydroxyl groups excluding tert-OH is 1. The van der Waals surface area contributed by atoms with Gasteiger partial charge in [-0.2, -0.15) is 0 Å². The highest BCUT2D eigenvalue weighted by Gasteiger charge is 2.53. The van der Waals surface area contributed by atoms with E-state index in [0.717, 1.165) is 31.7 Å². The monoisotopic (exact) mass is 347 g/mol. The molecule has 3 heterocycles. The van der Waals surface area contributed by atoms with Gasteiger partial charge in [0.15, 0.2) is 0 Å². The van der Waals surface area contributed by atoms with Crippen molar-refractivity contribution in [2.24, 2.45) is 5.92 Å². The Morgan fingerprint density at radius 1 is 1.28 bits per heavy atom. The number of esters is 1. The Morgan fingerprint density at radius 2 is 1.96 bits per heavy atom.